The highest BCUT2D eigenvalue weighted by Gasteiger charge is 2.15. The zero-order valence-electron chi connectivity index (χ0n) is 12.2. The number of hydrogen-bond donors (Lipinski definition) is 1. The second-order valence-corrected chi connectivity index (χ2v) is 6.63. The fraction of sp³-hybridized carbons (Fsp3) is 0.133. The van der Waals surface area contributed by atoms with Gasteiger partial charge in [0.05, 0.1) is 10.6 Å². The highest BCUT2D eigenvalue weighted by atomic mass is 32.2. The number of aromatic nitrogens is 2. The molecule has 1 N–H and O–H groups in total. The average molecular weight is 361 g/mol. The van der Waals surface area contributed by atoms with E-state index in [4.69, 9.17) is 13.9 Å². The lowest BCUT2D eigenvalue weighted by molar-refractivity contribution is -0.113. The van der Waals surface area contributed by atoms with E-state index >= 15 is 0 Å². The number of nitrogens with one attached hydrogen (secondary N) is 1. The van der Waals surface area contributed by atoms with Gasteiger partial charge in [0.25, 0.3) is 11.1 Å². The number of anilines is 1. The zero-order valence-corrected chi connectivity index (χ0v) is 13.9. The van der Waals surface area contributed by atoms with E-state index in [1.165, 1.54) is 23.1 Å². The summed E-state index contributed by atoms with van der Waals surface area (Å²) >= 11 is 2.71. The maximum absolute atomic E-state index is 12.0. The van der Waals surface area contributed by atoms with E-state index < -0.39 is 0 Å². The van der Waals surface area contributed by atoms with Crippen LogP contribution in [0.1, 0.15) is 0 Å². The summed E-state index contributed by atoms with van der Waals surface area (Å²) in [5.74, 6) is 1.76. The van der Waals surface area contributed by atoms with Crippen LogP contribution in [-0.4, -0.2) is 28.7 Å². The molecule has 0 radical (unpaired) electrons. The van der Waals surface area contributed by atoms with Crippen molar-refractivity contribution in [2.45, 2.75) is 5.22 Å². The standard InChI is InChI=1S/C15H11N3O4S2/c19-13(16-9-3-4-10-11(6-9)21-8-20-10)7-24-15-18-17-14(22-15)12-2-1-5-23-12/h1-6H,7-8H2,(H,16,19). The zero-order chi connectivity index (χ0) is 16.4. The molecule has 0 fully saturated rings. The summed E-state index contributed by atoms with van der Waals surface area (Å²) in [6, 6.07) is 9.06. The number of amides is 1. The Hall–Kier alpha value is -2.52. The molecule has 7 nitrogen and oxygen atoms in total. The van der Waals surface area contributed by atoms with Gasteiger partial charge in [0.2, 0.25) is 12.7 Å². The Morgan fingerprint density at radius 2 is 2.17 bits per heavy atom. The number of thiophene rings is 1. The van der Waals surface area contributed by atoms with Crippen molar-refractivity contribution >= 4 is 34.7 Å². The first-order valence-electron chi connectivity index (χ1n) is 6.97. The molecule has 1 aromatic carbocycles. The third kappa shape index (κ3) is 3.22. The van der Waals surface area contributed by atoms with Crippen LogP contribution in [0.2, 0.25) is 0 Å². The molecule has 0 unspecified atom stereocenters. The van der Waals surface area contributed by atoms with Crippen LogP contribution in [0.15, 0.2) is 45.4 Å². The summed E-state index contributed by atoms with van der Waals surface area (Å²) in [6.45, 7) is 0.201. The van der Waals surface area contributed by atoms with Crippen LogP contribution in [0.5, 0.6) is 11.5 Å². The smallest absolute Gasteiger partial charge is 0.277 e. The second kappa shape index (κ2) is 6.54. The van der Waals surface area contributed by atoms with Crippen molar-refractivity contribution < 1.29 is 18.7 Å². The van der Waals surface area contributed by atoms with E-state index in [1.54, 1.807) is 18.2 Å². The molecule has 3 heterocycles. The molecule has 1 aliphatic heterocycles. The van der Waals surface area contributed by atoms with Crippen molar-refractivity contribution in [3.05, 3.63) is 35.7 Å². The lowest BCUT2D eigenvalue weighted by atomic mass is 10.3. The van der Waals surface area contributed by atoms with E-state index in [0.29, 0.717) is 28.3 Å². The van der Waals surface area contributed by atoms with Crippen molar-refractivity contribution in [2.75, 3.05) is 17.9 Å². The Labute approximate surface area is 145 Å². The molecule has 0 atom stereocenters. The maximum atomic E-state index is 12.0. The minimum absolute atomic E-state index is 0.167. The third-order valence-corrected chi connectivity index (χ3v) is 4.80. The number of rotatable bonds is 5. The lowest BCUT2D eigenvalue weighted by Crippen LogP contribution is -2.13. The minimum Gasteiger partial charge on any atom is -0.454 e. The van der Waals surface area contributed by atoms with Crippen LogP contribution < -0.4 is 14.8 Å². The van der Waals surface area contributed by atoms with Gasteiger partial charge in [-0.3, -0.25) is 4.79 Å². The SMILES string of the molecule is O=C(CSc1nnc(-c2cccs2)o1)Nc1ccc2c(c1)OCO2. The Bertz CT molecular complexity index is 863. The van der Waals surface area contributed by atoms with Gasteiger partial charge in [-0.25, -0.2) is 0 Å². The Morgan fingerprint density at radius 1 is 1.25 bits per heavy atom. The quantitative estimate of drug-likeness (QED) is 0.698. The van der Waals surface area contributed by atoms with Crippen molar-refractivity contribution in [1.29, 1.82) is 0 Å². The van der Waals surface area contributed by atoms with Gasteiger partial charge in [0.15, 0.2) is 11.5 Å². The fourth-order valence-corrected chi connectivity index (χ4v) is 3.27. The third-order valence-electron chi connectivity index (χ3n) is 3.12. The van der Waals surface area contributed by atoms with Gasteiger partial charge in [-0.15, -0.1) is 21.5 Å². The molecular weight excluding hydrogens is 350 g/mol. The molecule has 2 aromatic heterocycles. The van der Waals surface area contributed by atoms with Crippen molar-refractivity contribution in [3.63, 3.8) is 0 Å². The second-order valence-electron chi connectivity index (χ2n) is 4.76. The number of ether oxygens (including phenoxy) is 2. The summed E-state index contributed by atoms with van der Waals surface area (Å²) in [5.41, 5.74) is 0.648. The van der Waals surface area contributed by atoms with Crippen molar-refractivity contribution in [2.24, 2.45) is 0 Å². The number of hydrogen-bond acceptors (Lipinski definition) is 8. The number of nitrogens with zero attached hydrogens (tertiary/aromatic N) is 2. The van der Waals surface area contributed by atoms with Gasteiger partial charge in [-0.05, 0) is 23.6 Å². The van der Waals surface area contributed by atoms with E-state index in [0.717, 1.165) is 4.88 Å². The van der Waals surface area contributed by atoms with Crippen LogP contribution in [0.3, 0.4) is 0 Å². The van der Waals surface area contributed by atoms with Crippen LogP contribution in [-0.2, 0) is 4.79 Å². The highest BCUT2D eigenvalue weighted by molar-refractivity contribution is 7.99. The normalized spacial score (nSPS) is 12.3. The van der Waals surface area contributed by atoms with E-state index in [-0.39, 0.29) is 18.5 Å². The lowest BCUT2D eigenvalue weighted by Gasteiger charge is -2.04. The van der Waals surface area contributed by atoms with E-state index in [9.17, 15) is 4.79 Å². The summed E-state index contributed by atoms with van der Waals surface area (Å²) in [7, 11) is 0. The number of fused-ring (bicyclic) bond motifs is 1. The van der Waals surface area contributed by atoms with Crippen LogP contribution in [0.25, 0.3) is 10.8 Å². The molecule has 24 heavy (non-hydrogen) atoms. The molecule has 1 amide bonds. The van der Waals surface area contributed by atoms with Gasteiger partial charge in [-0.2, -0.15) is 0 Å². The molecule has 0 bridgehead atoms. The maximum Gasteiger partial charge on any atom is 0.277 e. The summed E-state index contributed by atoms with van der Waals surface area (Å²) < 4.78 is 16.0. The number of benzene rings is 1. The highest BCUT2D eigenvalue weighted by Crippen LogP contribution is 2.34. The molecule has 0 saturated carbocycles. The number of thioether (sulfide) groups is 1. The molecule has 1 aliphatic rings. The molecule has 122 valence electrons. The van der Waals surface area contributed by atoms with Crippen LogP contribution in [0, 0.1) is 0 Å². The monoisotopic (exact) mass is 361 g/mol. The minimum atomic E-state index is -0.172. The molecule has 4 rings (SSSR count). The van der Waals surface area contributed by atoms with Crippen molar-refractivity contribution in [1.82, 2.24) is 10.2 Å². The van der Waals surface area contributed by atoms with Gasteiger partial charge < -0.3 is 19.2 Å². The van der Waals surface area contributed by atoms with Crippen molar-refractivity contribution in [3.8, 4) is 22.3 Å². The molecular formula is C15H11N3O4S2. The predicted octanol–water partition coefficient (Wildman–Crippen LogP) is 3.26. The first kappa shape index (κ1) is 15.0. The van der Waals surface area contributed by atoms with Gasteiger partial charge in [0.1, 0.15) is 0 Å². The Morgan fingerprint density at radius 3 is 3.04 bits per heavy atom. The summed E-state index contributed by atoms with van der Waals surface area (Å²) in [5, 5.41) is 13.0. The number of carbonyl (C=O) groups is 1. The fourth-order valence-electron chi connectivity index (χ4n) is 2.07. The molecule has 0 aliphatic carbocycles. The predicted molar refractivity (Wildman–Crippen MR) is 89.5 cm³/mol. The summed E-state index contributed by atoms with van der Waals surface area (Å²) in [6.07, 6.45) is 0. The molecule has 0 spiro atoms. The Kier molecular flexibility index (Phi) is 4.09. The Balaban J connectivity index is 1.33. The summed E-state index contributed by atoms with van der Waals surface area (Å²) in [4.78, 5) is 12.9. The van der Waals surface area contributed by atoms with Gasteiger partial charge >= 0.3 is 0 Å². The van der Waals surface area contributed by atoms with E-state index in [2.05, 4.69) is 15.5 Å². The molecule has 3 aromatic rings. The molecule has 9 heteroatoms. The van der Waals surface area contributed by atoms with Gasteiger partial charge in [0, 0.05) is 11.8 Å². The molecule has 0 saturated heterocycles. The number of carbonyl (C=O) groups excluding carboxylic acids is 1. The largest absolute Gasteiger partial charge is 0.454 e. The first-order valence-corrected chi connectivity index (χ1v) is 8.84. The average Bonchev–Trinajstić information content (AvgIpc) is 3.32. The van der Waals surface area contributed by atoms with E-state index in [1.807, 2.05) is 17.5 Å². The van der Waals surface area contributed by atoms with Crippen LogP contribution in [0.4, 0.5) is 5.69 Å². The van der Waals surface area contributed by atoms with Gasteiger partial charge in [-0.1, -0.05) is 17.8 Å². The topological polar surface area (TPSA) is 86.5 Å². The van der Waals surface area contributed by atoms with Crippen LogP contribution >= 0.6 is 23.1 Å². The first-order chi connectivity index (χ1) is 11.8.